The molecule has 1 heterocycles. The number of hydrogen-bond acceptors (Lipinski definition) is 3. The summed E-state index contributed by atoms with van der Waals surface area (Å²) >= 11 is 0. The van der Waals surface area contributed by atoms with E-state index in [0.29, 0.717) is 6.61 Å². The van der Waals surface area contributed by atoms with Crippen molar-refractivity contribution in [2.75, 3.05) is 27.4 Å². The van der Waals surface area contributed by atoms with E-state index in [9.17, 15) is 0 Å². The topological polar surface area (TPSA) is 21.7 Å². The summed E-state index contributed by atoms with van der Waals surface area (Å²) in [7, 11) is 3.74. The SMILES string of the molecule is C=C1C(C)=CC=C(c2ccc(OCCCOC)cc2)N1C. The summed E-state index contributed by atoms with van der Waals surface area (Å²) in [5.41, 5.74) is 4.54. The van der Waals surface area contributed by atoms with Crippen molar-refractivity contribution in [3.63, 3.8) is 0 Å². The van der Waals surface area contributed by atoms with Crippen molar-refractivity contribution < 1.29 is 9.47 Å². The van der Waals surface area contributed by atoms with Crippen LogP contribution in [0.3, 0.4) is 0 Å². The van der Waals surface area contributed by atoms with Crippen LogP contribution in [-0.4, -0.2) is 32.3 Å². The molecule has 0 radical (unpaired) electrons. The zero-order valence-corrected chi connectivity index (χ0v) is 13.1. The molecule has 3 heteroatoms. The van der Waals surface area contributed by atoms with Crippen molar-refractivity contribution in [3.8, 4) is 5.75 Å². The highest BCUT2D eigenvalue weighted by Gasteiger charge is 2.14. The van der Waals surface area contributed by atoms with Crippen LogP contribution >= 0.6 is 0 Å². The molecule has 0 bridgehead atoms. The van der Waals surface area contributed by atoms with Gasteiger partial charge in [-0.15, -0.1) is 0 Å². The average Bonchev–Trinajstić information content (AvgIpc) is 2.50. The van der Waals surface area contributed by atoms with E-state index in [1.807, 2.05) is 19.2 Å². The fourth-order valence-electron chi connectivity index (χ4n) is 2.23. The van der Waals surface area contributed by atoms with E-state index in [2.05, 4.69) is 42.7 Å². The maximum Gasteiger partial charge on any atom is 0.119 e. The van der Waals surface area contributed by atoms with Crippen molar-refractivity contribution in [2.45, 2.75) is 13.3 Å². The number of nitrogens with zero attached hydrogens (tertiary/aromatic N) is 1. The molecule has 0 saturated carbocycles. The smallest absolute Gasteiger partial charge is 0.119 e. The van der Waals surface area contributed by atoms with Gasteiger partial charge in [0, 0.05) is 38.6 Å². The van der Waals surface area contributed by atoms with Gasteiger partial charge in [0.2, 0.25) is 0 Å². The Morgan fingerprint density at radius 1 is 1.10 bits per heavy atom. The number of ether oxygens (including phenoxy) is 2. The van der Waals surface area contributed by atoms with Crippen LogP contribution in [0.25, 0.3) is 5.70 Å². The van der Waals surface area contributed by atoms with Gasteiger partial charge in [-0.2, -0.15) is 0 Å². The van der Waals surface area contributed by atoms with E-state index in [0.717, 1.165) is 35.7 Å². The molecular weight excluding hydrogens is 262 g/mol. The highest BCUT2D eigenvalue weighted by atomic mass is 16.5. The first-order chi connectivity index (χ1) is 10.1. The first kappa shape index (κ1) is 15.4. The molecule has 3 nitrogen and oxygen atoms in total. The first-order valence-corrected chi connectivity index (χ1v) is 7.17. The molecule has 1 aromatic carbocycles. The Kier molecular flexibility index (Phi) is 5.23. The molecule has 0 saturated heterocycles. The Balaban J connectivity index is 2.04. The van der Waals surface area contributed by atoms with E-state index in [1.165, 1.54) is 5.57 Å². The van der Waals surface area contributed by atoms with Gasteiger partial charge in [-0.05, 0) is 48.4 Å². The molecule has 0 unspecified atom stereocenters. The maximum atomic E-state index is 5.67. The number of methoxy groups -OCH3 is 1. The summed E-state index contributed by atoms with van der Waals surface area (Å²) in [5, 5.41) is 0. The standard InChI is InChI=1S/C18H23NO2/c1-14-6-11-18(19(3)15(14)2)16-7-9-17(10-8-16)21-13-5-12-20-4/h6-11H,2,5,12-13H2,1,3-4H3. The summed E-state index contributed by atoms with van der Waals surface area (Å²) < 4.78 is 10.7. The van der Waals surface area contributed by atoms with Crippen LogP contribution in [0.1, 0.15) is 18.9 Å². The summed E-state index contributed by atoms with van der Waals surface area (Å²) in [5.74, 6) is 0.888. The lowest BCUT2D eigenvalue weighted by Gasteiger charge is -2.28. The molecule has 0 atom stereocenters. The zero-order valence-electron chi connectivity index (χ0n) is 13.1. The molecule has 0 fully saturated rings. The van der Waals surface area contributed by atoms with E-state index in [-0.39, 0.29) is 0 Å². The third-order valence-electron chi connectivity index (χ3n) is 3.62. The van der Waals surface area contributed by atoms with Crippen molar-refractivity contribution in [2.24, 2.45) is 0 Å². The molecule has 2 rings (SSSR count). The van der Waals surface area contributed by atoms with Gasteiger partial charge in [-0.1, -0.05) is 12.7 Å². The summed E-state index contributed by atoms with van der Waals surface area (Å²) in [6.45, 7) is 7.58. The maximum absolute atomic E-state index is 5.67. The van der Waals surface area contributed by atoms with E-state index in [1.54, 1.807) is 7.11 Å². The molecule has 0 aromatic heterocycles. The second-order valence-electron chi connectivity index (χ2n) is 5.13. The normalized spacial score (nSPS) is 14.8. The average molecular weight is 285 g/mol. The Bertz CT molecular complexity index is 555. The molecule has 112 valence electrons. The molecule has 21 heavy (non-hydrogen) atoms. The van der Waals surface area contributed by atoms with Crippen LogP contribution in [-0.2, 0) is 4.74 Å². The summed E-state index contributed by atoms with van der Waals surface area (Å²) in [4.78, 5) is 2.11. The molecule has 0 amide bonds. The van der Waals surface area contributed by atoms with Crippen molar-refractivity contribution in [3.05, 3.63) is 59.8 Å². The van der Waals surface area contributed by atoms with Gasteiger partial charge in [-0.3, -0.25) is 0 Å². The van der Waals surface area contributed by atoms with Gasteiger partial charge in [0.25, 0.3) is 0 Å². The highest BCUT2D eigenvalue weighted by molar-refractivity contribution is 5.70. The fourth-order valence-corrected chi connectivity index (χ4v) is 2.23. The Morgan fingerprint density at radius 2 is 1.81 bits per heavy atom. The number of allylic oxidation sites excluding steroid dienone is 3. The first-order valence-electron chi connectivity index (χ1n) is 7.17. The zero-order chi connectivity index (χ0) is 15.2. The molecule has 1 aliphatic heterocycles. The molecule has 0 spiro atoms. The Labute approximate surface area is 127 Å². The van der Waals surface area contributed by atoms with Gasteiger partial charge in [0.05, 0.1) is 6.61 Å². The van der Waals surface area contributed by atoms with Crippen LogP contribution in [0.4, 0.5) is 0 Å². The Hall–Kier alpha value is -2.00. The molecular formula is C18H23NO2. The number of rotatable bonds is 6. The third kappa shape index (κ3) is 3.76. The second kappa shape index (κ2) is 7.14. The van der Waals surface area contributed by atoms with Gasteiger partial charge in [0.1, 0.15) is 5.75 Å². The van der Waals surface area contributed by atoms with Crippen molar-refractivity contribution in [1.29, 1.82) is 0 Å². The van der Waals surface area contributed by atoms with Crippen LogP contribution in [0.5, 0.6) is 5.75 Å². The van der Waals surface area contributed by atoms with Gasteiger partial charge in [-0.25, -0.2) is 0 Å². The largest absolute Gasteiger partial charge is 0.494 e. The number of hydrogen-bond donors (Lipinski definition) is 0. The van der Waals surface area contributed by atoms with E-state index in [4.69, 9.17) is 9.47 Å². The van der Waals surface area contributed by atoms with Crippen LogP contribution in [0, 0.1) is 0 Å². The van der Waals surface area contributed by atoms with Gasteiger partial charge in [0.15, 0.2) is 0 Å². The quantitative estimate of drug-likeness (QED) is 0.741. The van der Waals surface area contributed by atoms with Crippen LogP contribution in [0.15, 0.2) is 54.3 Å². The monoisotopic (exact) mass is 285 g/mol. The second-order valence-corrected chi connectivity index (χ2v) is 5.13. The summed E-state index contributed by atoms with van der Waals surface area (Å²) in [6, 6.07) is 8.17. The molecule has 1 aromatic rings. The lowest BCUT2D eigenvalue weighted by molar-refractivity contribution is 0.172. The van der Waals surface area contributed by atoms with Gasteiger partial charge >= 0.3 is 0 Å². The van der Waals surface area contributed by atoms with E-state index >= 15 is 0 Å². The minimum Gasteiger partial charge on any atom is -0.494 e. The van der Waals surface area contributed by atoms with Gasteiger partial charge < -0.3 is 14.4 Å². The van der Waals surface area contributed by atoms with E-state index < -0.39 is 0 Å². The lowest BCUT2D eigenvalue weighted by Crippen LogP contribution is -2.18. The minimum atomic E-state index is 0.675. The number of benzene rings is 1. The van der Waals surface area contributed by atoms with Crippen LogP contribution in [0.2, 0.25) is 0 Å². The minimum absolute atomic E-state index is 0.675. The predicted octanol–water partition coefficient (Wildman–Crippen LogP) is 3.85. The summed E-state index contributed by atoms with van der Waals surface area (Å²) in [6.07, 6.45) is 5.13. The van der Waals surface area contributed by atoms with Crippen molar-refractivity contribution in [1.82, 2.24) is 4.90 Å². The highest BCUT2D eigenvalue weighted by Crippen LogP contribution is 2.29. The van der Waals surface area contributed by atoms with Crippen LogP contribution < -0.4 is 4.74 Å². The fraction of sp³-hybridized carbons (Fsp3) is 0.333. The Morgan fingerprint density at radius 3 is 2.48 bits per heavy atom. The molecule has 0 N–H and O–H groups in total. The number of likely N-dealkylation sites (N-methyl/N-ethyl adjacent to an activating group) is 1. The third-order valence-corrected chi connectivity index (χ3v) is 3.62. The lowest BCUT2D eigenvalue weighted by atomic mass is 10.0. The predicted molar refractivity (Wildman–Crippen MR) is 87.1 cm³/mol. The van der Waals surface area contributed by atoms with Crippen molar-refractivity contribution >= 4 is 5.70 Å². The molecule has 0 aliphatic carbocycles. The molecule has 1 aliphatic rings.